The van der Waals surface area contributed by atoms with E-state index in [0.29, 0.717) is 21.8 Å². The number of aromatic amines is 1. The molecule has 2 N–H and O–H groups in total. The van der Waals surface area contributed by atoms with Gasteiger partial charge in [0.25, 0.3) is 5.56 Å². The zero-order valence-corrected chi connectivity index (χ0v) is 13.4. The summed E-state index contributed by atoms with van der Waals surface area (Å²) in [5, 5.41) is 13.6. The normalized spacial score (nSPS) is 11.8. The summed E-state index contributed by atoms with van der Waals surface area (Å²) in [6.07, 6.45) is 1.62. The van der Waals surface area contributed by atoms with E-state index < -0.39 is 0 Å². The van der Waals surface area contributed by atoms with Gasteiger partial charge < -0.3 is 5.11 Å². The molecule has 0 spiro atoms. The summed E-state index contributed by atoms with van der Waals surface area (Å²) in [4.78, 5) is 12.6. The number of benzene rings is 2. The van der Waals surface area contributed by atoms with Gasteiger partial charge in [-0.25, -0.2) is 4.68 Å². The summed E-state index contributed by atoms with van der Waals surface area (Å²) < 4.78 is 1.41. The third kappa shape index (κ3) is 2.91. The SMILES string of the molecule is C=c1[nH]n(-c2ccccc2)c(=O)c1=Cc1cc(Cl)c(O)c(Cl)c1. The maximum absolute atomic E-state index is 12.6. The number of aromatic hydroxyl groups is 1. The first-order valence-electron chi connectivity index (χ1n) is 6.72. The second kappa shape index (κ2) is 5.99. The van der Waals surface area contributed by atoms with Crippen molar-refractivity contribution in [3.8, 4) is 11.4 Å². The molecule has 0 atom stereocenters. The molecule has 0 saturated heterocycles. The van der Waals surface area contributed by atoms with Gasteiger partial charge in [-0.15, -0.1) is 0 Å². The third-order valence-corrected chi connectivity index (χ3v) is 3.95. The van der Waals surface area contributed by atoms with E-state index in [2.05, 4.69) is 11.7 Å². The summed E-state index contributed by atoms with van der Waals surface area (Å²) in [6.45, 7) is 3.86. The van der Waals surface area contributed by atoms with Crippen molar-refractivity contribution in [1.82, 2.24) is 9.78 Å². The van der Waals surface area contributed by atoms with Crippen LogP contribution in [0.3, 0.4) is 0 Å². The van der Waals surface area contributed by atoms with Gasteiger partial charge in [-0.1, -0.05) is 48.0 Å². The Bertz CT molecular complexity index is 1010. The topological polar surface area (TPSA) is 58.0 Å². The van der Waals surface area contributed by atoms with Gasteiger partial charge in [0, 0.05) is 0 Å². The fraction of sp³-hybridized carbons (Fsp3) is 0. The number of nitrogens with one attached hydrogen (secondary N) is 1. The summed E-state index contributed by atoms with van der Waals surface area (Å²) in [6, 6.07) is 12.2. The van der Waals surface area contributed by atoms with Crippen LogP contribution in [-0.4, -0.2) is 14.9 Å². The molecular formula is C17H12Cl2N2O2. The van der Waals surface area contributed by atoms with E-state index in [0.717, 1.165) is 0 Å². The highest BCUT2D eigenvalue weighted by Gasteiger charge is 2.07. The lowest BCUT2D eigenvalue weighted by molar-refractivity contribution is 0.476. The standard InChI is InChI=1S/C17H12Cl2N2O2/c1-10-13(7-11-8-14(18)16(22)15(19)9-11)17(23)21(20-10)12-5-3-2-4-6-12/h2-9,20,22H,1H2. The fourth-order valence-corrected chi connectivity index (χ4v) is 2.74. The fourth-order valence-electron chi connectivity index (χ4n) is 2.24. The van der Waals surface area contributed by atoms with Crippen molar-refractivity contribution < 1.29 is 5.11 Å². The molecule has 4 nitrogen and oxygen atoms in total. The van der Waals surface area contributed by atoms with Crippen LogP contribution in [0.1, 0.15) is 5.56 Å². The summed E-state index contributed by atoms with van der Waals surface area (Å²) in [7, 11) is 0. The van der Waals surface area contributed by atoms with E-state index in [4.69, 9.17) is 23.2 Å². The molecule has 23 heavy (non-hydrogen) atoms. The van der Waals surface area contributed by atoms with E-state index >= 15 is 0 Å². The minimum atomic E-state index is -0.235. The second-order valence-corrected chi connectivity index (χ2v) is 5.77. The molecule has 2 aromatic carbocycles. The molecule has 0 saturated carbocycles. The average molecular weight is 347 g/mol. The molecule has 0 amide bonds. The van der Waals surface area contributed by atoms with Crippen molar-refractivity contribution in [2.75, 3.05) is 0 Å². The first kappa shape index (κ1) is 15.5. The number of phenolic OH excluding ortho intramolecular Hbond substituents is 1. The predicted octanol–water partition coefficient (Wildman–Crippen LogP) is 2.42. The van der Waals surface area contributed by atoms with Crippen molar-refractivity contribution in [2.24, 2.45) is 0 Å². The molecule has 0 radical (unpaired) electrons. The number of H-pyrrole nitrogens is 1. The Kier molecular flexibility index (Phi) is 4.03. The van der Waals surface area contributed by atoms with Crippen LogP contribution < -0.4 is 16.1 Å². The van der Waals surface area contributed by atoms with Crippen molar-refractivity contribution in [2.45, 2.75) is 0 Å². The van der Waals surface area contributed by atoms with Gasteiger partial charge in [0.05, 0.1) is 26.3 Å². The number of hydrogen-bond donors (Lipinski definition) is 2. The average Bonchev–Trinajstić information content (AvgIpc) is 2.81. The molecule has 0 aliphatic carbocycles. The van der Waals surface area contributed by atoms with Gasteiger partial charge in [0.1, 0.15) is 0 Å². The molecule has 1 aromatic heterocycles. The molecule has 1 heterocycles. The third-order valence-electron chi connectivity index (χ3n) is 3.37. The molecule has 116 valence electrons. The van der Waals surface area contributed by atoms with Gasteiger partial charge in [-0.3, -0.25) is 9.89 Å². The molecular weight excluding hydrogens is 335 g/mol. The Hall–Kier alpha value is -2.43. The zero-order valence-electron chi connectivity index (χ0n) is 11.9. The molecule has 3 rings (SSSR count). The van der Waals surface area contributed by atoms with Crippen molar-refractivity contribution >= 4 is 35.9 Å². The first-order valence-corrected chi connectivity index (χ1v) is 7.48. The van der Waals surface area contributed by atoms with Gasteiger partial charge in [0.15, 0.2) is 5.75 Å². The molecule has 0 unspecified atom stereocenters. The molecule has 0 fully saturated rings. The van der Waals surface area contributed by atoms with E-state index in [9.17, 15) is 9.90 Å². The lowest BCUT2D eigenvalue weighted by Gasteiger charge is -2.01. The lowest BCUT2D eigenvalue weighted by atomic mass is 10.2. The largest absolute Gasteiger partial charge is 0.505 e. The number of para-hydroxylation sites is 1. The van der Waals surface area contributed by atoms with E-state index in [1.54, 1.807) is 6.08 Å². The Morgan fingerprint density at radius 2 is 1.74 bits per heavy atom. The van der Waals surface area contributed by atoms with Gasteiger partial charge in [0.2, 0.25) is 0 Å². The van der Waals surface area contributed by atoms with Crippen molar-refractivity contribution in [1.29, 1.82) is 0 Å². The molecule has 3 aromatic rings. The Morgan fingerprint density at radius 3 is 2.35 bits per heavy atom. The number of rotatable bonds is 2. The van der Waals surface area contributed by atoms with Crippen LogP contribution in [0, 0.1) is 0 Å². The summed E-state index contributed by atoms with van der Waals surface area (Å²) in [5.41, 5.74) is 1.07. The van der Waals surface area contributed by atoms with Gasteiger partial charge in [-0.05, 0) is 35.9 Å². The Morgan fingerprint density at radius 1 is 1.13 bits per heavy atom. The first-order chi connectivity index (χ1) is 11.0. The quantitative estimate of drug-likeness (QED) is 0.748. The summed E-state index contributed by atoms with van der Waals surface area (Å²) in [5.74, 6) is -0.184. The second-order valence-electron chi connectivity index (χ2n) is 4.96. The number of halogens is 2. The Labute approximate surface area is 141 Å². The lowest BCUT2D eigenvalue weighted by Crippen LogP contribution is -2.33. The number of aromatic nitrogens is 2. The Balaban J connectivity index is 2.21. The molecule has 0 aliphatic heterocycles. The minimum absolute atomic E-state index is 0.119. The smallest absolute Gasteiger partial charge is 0.279 e. The van der Waals surface area contributed by atoms with Crippen LogP contribution in [0.2, 0.25) is 10.0 Å². The van der Waals surface area contributed by atoms with Crippen LogP contribution in [0.4, 0.5) is 0 Å². The number of nitrogens with zero attached hydrogens (tertiary/aromatic N) is 1. The van der Waals surface area contributed by atoms with Crippen LogP contribution in [0.25, 0.3) is 18.3 Å². The molecule has 0 aliphatic rings. The van der Waals surface area contributed by atoms with Crippen LogP contribution in [0.5, 0.6) is 5.75 Å². The highest BCUT2D eigenvalue weighted by molar-refractivity contribution is 6.37. The van der Waals surface area contributed by atoms with Crippen molar-refractivity contribution in [3.05, 3.63) is 79.0 Å². The maximum atomic E-state index is 12.6. The van der Waals surface area contributed by atoms with E-state index in [1.807, 2.05) is 30.3 Å². The number of hydrogen-bond acceptors (Lipinski definition) is 2. The molecule has 6 heteroatoms. The highest BCUT2D eigenvalue weighted by atomic mass is 35.5. The van der Waals surface area contributed by atoms with Crippen LogP contribution in [0.15, 0.2) is 47.3 Å². The number of phenols is 1. The van der Waals surface area contributed by atoms with Crippen molar-refractivity contribution in [3.63, 3.8) is 0 Å². The summed E-state index contributed by atoms with van der Waals surface area (Å²) >= 11 is 11.8. The zero-order chi connectivity index (χ0) is 16.6. The van der Waals surface area contributed by atoms with Gasteiger partial charge >= 0.3 is 0 Å². The highest BCUT2D eigenvalue weighted by Crippen LogP contribution is 2.32. The van der Waals surface area contributed by atoms with E-state index in [1.165, 1.54) is 16.8 Å². The predicted molar refractivity (Wildman–Crippen MR) is 92.9 cm³/mol. The minimum Gasteiger partial charge on any atom is -0.505 e. The molecule has 0 bridgehead atoms. The van der Waals surface area contributed by atoms with E-state index in [-0.39, 0.29) is 21.4 Å². The van der Waals surface area contributed by atoms with Crippen LogP contribution >= 0.6 is 23.2 Å². The van der Waals surface area contributed by atoms with Gasteiger partial charge in [-0.2, -0.15) is 0 Å². The monoisotopic (exact) mass is 346 g/mol. The maximum Gasteiger partial charge on any atom is 0.279 e. The van der Waals surface area contributed by atoms with Crippen LogP contribution in [-0.2, 0) is 0 Å².